The second kappa shape index (κ2) is 16.1. The first kappa shape index (κ1) is 36.5. The lowest BCUT2D eigenvalue weighted by Crippen LogP contribution is -2.42. The Morgan fingerprint density at radius 1 is 0.732 bits per heavy atom. The molecular formula is C45H45N7O4. The first-order valence-corrected chi connectivity index (χ1v) is 19.2. The number of amides is 3. The summed E-state index contributed by atoms with van der Waals surface area (Å²) in [5.74, 6) is 1.48. The van der Waals surface area contributed by atoms with E-state index in [4.69, 9.17) is 14.7 Å². The van der Waals surface area contributed by atoms with E-state index in [1.807, 2.05) is 72.7 Å². The van der Waals surface area contributed by atoms with E-state index in [0.717, 1.165) is 82.8 Å². The summed E-state index contributed by atoms with van der Waals surface area (Å²) in [6, 6.07) is 32.9. The zero-order valence-electron chi connectivity index (χ0n) is 31.6. The monoisotopic (exact) mass is 747 g/mol. The molecule has 4 heterocycles. The second-order valence-corrected chi connectivity index (χ2v) is 14.6. The van der Waals surface area contributed by atoms with Crippen molar-refractivity contribution in [3.63, 3.8) is 0 Å². The molecule has 8 rings (SSSR count). The molecule has 0 spiro atoms. The van der Waals surface area contributed by atoms with Crippen LogP contribution in [0.1, 0.15) is 72.1 Å². The molecule has 0 unspecified atom stereocenters. The van der Waals surface area contributed by atoms with Gasteiger partial charge in [0.05, 0.1) is 49.4 Å². The lowest BCUT2D eigenvalue weighted by molar-refractivity contribution is -0.134. The molecule has 0 saturated carbocycles. The lowest BCUT2D eigenvalue weighted by atomic mass is 10.0. The Hall–Kier alpha value is -6.49. The van der Waals surface area contributed by atoms with Gasteiger partial charge in [-0.3, -0.25) is 9.59 Å². The van der Waals surface area contributed by atoms with Gasteiger partial charge < -0.3 is 29.8 Å². The third-order valence-corrected chi connectivity index (χ3v) is 10.9. The first-order valence-electron chi connectivity index (χ1n) is 19.2. The van der Waals surface area contributed by atoms with Crippen molar-refractivity contribution in [2.45, 2.75) is 57.2 Å². The lowest BCUT2D eigenvalue weighted by Gasteiger charge is -2.28. The highest BCUT2D eigenvalue weighted by Gasteiger charge is 2.37. The van der Waals surface area contributed by atoms with Gasteiger partial charge in [-0.2, -0.15) is 0 Å². The van der Waals surface area contributed by atoms with E-state index >= 15 is 0 Å². The van der Waals surface area contributed by atoms with E-state index < -0.39 is 12.1 Å². The minimum absolute atomic E-state index is 0.0493. The Morgan fingerprint density at radius 2 is 1.29 bits per heavy atom. The number of hydrogen-bond acceptors (Lipinski definition) is 6. The molecule has 2 fully saturated rings. The predicted octanol–water partition coefficient (Wildman–Crippen LogP) is 8.11. The van der Waals surface area contributed by atoms with Crippen LogP contribution in [0.5, 0.6) is 0 Å². The number of nitrogens with one attached hydrogen (secondary N) is 3. The van der Waals surface area contributed by atoms with Crippen LogP contribution >= 0.6 is 0 Å². The zero-order valence-corrected chi connectivity index (χ0v) is 31.6. The number of imidazole rings is 2. The van der Waals surface area contributed by atoms with Crippen molar-refractivity contribution in [3.8, 4) is 33.6 Å². The van der Waals surface area contributed by atoms with Crippen LogP contribution in [0.2, 0.25) is 0 Å². The highest BCUT2D eigenvalue weighted by atomic mass is 16.5. The molecule has 3 N–H and O–H groups in total. The Kier molecular flexibility index (Phi) is 10.5. The molecule has 0 radical (unpaired) electrons. The number of likely N-dealkylation sites (tertiary alicyclic amines) is 2. The number of hydrogen-bond donors (Lipinski definition) is 3. The average molecular weight is 748 g/mol. The van der Waals surface area contributed by atoms with Crippen LogP contribution in [0.15, 0.2) is 116 Å². The molecule has 2 aliphatic heterocycles. The van der Waals surface area contributed by atoms with Gasteiger partial charge in [0.2, 0.25) is 5.91 Å². The van der Waals surface area contributed by atoms with E-state index in [9.17, 15) is 14.4 Å². The van der Waals surface area contributed by atoms with Gasteiger partial charge in [-0.15, -0.1) is 0 Å². The normalized spacial score (nSPS) is 17.2. The van der Waals surface area contributed by atoms with E-state index in [2.05, 4.69) is 69.9 Å². The maximum Gasteiger partial charge on any atom is 0.407 e. The number of ether oxygens (including phenoxy) is 1. The van der Waals surface area contributed by atoms with Gasteiger partial charge in [0.1, 0.15) is 17.7 Å². The highest BCUT2D eigenvalue weighted by molar-refractivity contribution is 5.87. The smallest absolute Gasteiger partial charge is 0.407 e. The number of carbonyl (C=O) groups is 3. The molecule has 11 heteroatoms. The van der Waals surface area contributed by atoms with Gasteiger partial charge in [0, 0.05) is 13.1 Å². The van der Waals surface area contributed by atoms with Crippen molar-refractivity contribution in [3.05, 3.63) is 144 Å². The zero-order chi connectivity index (χ0) is 38.6. The quantitative estimate of drug-likeness (QED) is 0.130. The molecule has 2 saturated heterocycles. The summed E-state index contributed by atoms with van der Waals surface area (Å²) in [4.78, 5) is 59.5. The minimum Gasteiger partial charge on any atom is -0.453 e. The number of methoxy groups -OCH3 is 1. The van der Waals surface area contributed by atoms with Crippen molar-refractivity contribution in [1.29, 1.82) is 0 Å². The Labute approximate surface area is 326 Å². The first-order chi connectivity index (χ1) is 27.3. The van der Waals surface area contributed by atoms with E-state index in [1.54, 1.807) is 4.90 Å². The maximum atomic E-state index is 13.9. The van der Waals surface area contributed by atoms with E-state index in [1.165, 1.54) is 7.11 Å². The molecule has 3 atom stereocenters. The summed E-state index contributed by atoms with van der Waals surface area (Å²) in [7, 11) is 1.29. The van der Waals surface area contributed by atoms with E-state index in [-0.39, 0.29) is 23.9 Å². The van der Waals surface area contributed by atoms with Crippen molar-refractivity contribution >= 4 is 17.9 Å². The van der Waals surface area contributed by atoms with Crippen LogP contribution in [0.4, 0.5) is 4.79 Å². The molecule has 284 valence electrons. The predicted molar refractivity (Wildman–Crippen MR) is 214 cm³/mol. The van der Waals surface area contributed by atoms with Crippen molar-refractivity contribution in [1.82, 2.24) is 35.1 Å². The van der Waals surface area contributed by atoms with Gasteiger partial charge in [-0.05, 0) is 66.0 Å². The molecule has 3 amide bonds. The summed E-state index contributed by atoms with van der Waals surface area (Å²) in [6.45, 7) is 3.36. The SMILES string of the molecule is COC(=O)N[C@@H](C(=O)N1CCC[C@H]1c1ncc(-c2ccc(-c3ccc(-c4cnc([C@@H]5CCCN5C(=O)Cc5cccc(C)c5)[nH]4)cc3)cc2)[nH]1)c1ccccc1. The fourth-order valence-electron chi connectivity index (χ4n) is 8.03. The number of aryl methyl sites for hydroxylation is 1. The van der Waals surface area contributed by atoms with Gasteiger partial charge in [-0.1, -0.05) is 109 Å². The van der Waals surface area contributed by atoms with Gasteiger partial charge in [-0.25, -0.2) is 14.8 Å². The molecular weight excluding hydrogens is 703 g/mol. The van der Waals surface area contributed by atoms with Crippen molar-refractivity contribution in [2.75, 3.05) is 20.2 Å². The van der Waals surface area contributed by atoms with Crippen LogP contribution < -0.4 is 5.32 Å². The molecule has 2 aliphatic rings. The van der Waals surface area contributed by atoms with Gasteiger partial charge >= 0.3 is 6.09 Å². The fourth-order valence-corrected chi connectivity index (χ4v) is 8.03. The summed E-state index contributed by atoms with van der Waals surface area (Å²) in [5.41, 5.74) is 8.85. The van der Waals surface area contributed by atoms with Crippen LogP contribution in [0.25, 0.3) is 33.6 Å². The topological polar surface area (TPSA) is 136 Å². The molecule has 11 nitrogen and oxygen atoms in total. The Balaban J connectivity index is 0.919. The number of H-pyrrole nitrogens is 2. The number of aromatic amines is 2. The second-order valence-electron chi connectivity index (χ2n) is 14.6. The number of aromatic nitrogens is 4. The summed E-state index contributed by atoms with van der Waals surface area (Å²) >= 11 is 0. The summed E-state index contributed by atoms with van der Waals surface area (Å²) in [6.07, 6.45) is 6.86. The average Bonchev–Trinajstić information content (AvgIpc) is 4.07. The number of rotatable bonds is 10. The largest absolute Gasteiger partial charge is 0.453 e. The molecule has 56 heavy (non-hydrogen) atoms. The molecule has 4 aromatic carbocycles. The third kappa shape index (κ3) is 7.70. The van der Waals surface area contributed by atoms with Crippen molar-refractivity contribution < 1.29 is 19.1 Å². The molecule has 0 aliphatic carbocycles. The fraction of sp³-hybridized carbons (Fsp3) is 0.267. The molecule has 6 aromatic rings. The minimum atomic E-state index is -0.869. The van der Waals surface area contributed by atoms with Gasteiger partial charge in [0.15, 0.2) is 0 Å². The summed E-state index contributed by atoms with van der Waals surface area (Å²) < 4.78 is 4.83. The number of carbonyl (C=O) groups excluding carboxylic acids is 3. The van der Waals surface area contributed by atoms with Crippen molar-refractivity contribution in [2.24, 2.45) is 0 Å². The third-order valence-electron chi connectivity index (χ3n) is 10.9. The van der Waals surface area contributed by atoms with Crippen LogP contribution in [-0.4, -0.2) is 67.8 Å². The van der Waals surface area contributed by atoms with E-state index in [0.29, 0.717) is 24.4 Å². The number of benzene rings is 4. The Bertz CT molecular complexity index is 2320. The number of alkyl carbamates (subject to hydrolysis) is 1. The summed E-state index contributed by atoms with van der Waals surface area (Å²) in [5, 5.41) is 2.72. The number of nitrogens with zero attached hydrogens (tertiary/aromatic N) is 4. The highest BCUT2D eigenvalue weighted by Crippen LogP contribution is 2.35. The van der Waals surface area contributed by atoms with Crippen LogP contribution in [-0.2, 0) is 20.7 Å². The van der Waals surface area contributed by atoms with Gasteiger partial charge in [0.25, 0.3) is 5.91 Å². The molecule has 2 aromatic heterocycles. The standard InChI is InChI=1S/C45H45N7O4/c1-29-9-6-10-30(25-29)26-40(53)51-23-7-13-38(51)42-46-27-36(48-42)33-19-15-31(16-20-33)32-17-21-34(22-18-32)37-28-47-43(49-37)39-14-8-24-52(39)44(54)41(50-45(55)56-2)35-11-4-3-5-12-35/h3-6,9-12,15-22,25,27-28,38-39,41H,7-8,13-14,23-24,26H2,1-2H3,(H,46,48)(H,47,49)(H,50,55)/t38-,39-,41+/m0/s1. The van der Waals surface area contributed by atoms with Crippen LogP contribution in [0.3, 0.4) is 0 Å². The van der Waals surface area contributed by atoms with Crippen LogP contribution in [0, 0.1) is 6.92 Å². The Morgan fingerprint density at radius 3 is 1.86 bits per heavy atom. The maximum absolute atomic E-state index is 13.9. The molecule has 0 bridgehead atoms.